The Morgan fingerprint density at radius 1 is 1.22 bits per heavy atom. The van der Waals surface area contributed by atoms with E-state index in [2.05, 4.69) is 22.3 Å². The van der Waals surface area contributed by atoms with Gasteiger partial charge in [-0.2, -0.15) is 0 Å². The molecule has 0 amide bonds. The van der Waals surface area contributed by atoms with Crippen LogP contribution in [0.25, 0.3) is 10.9 Å². The summed E-state index contributed by atoms with van der Waals surface area (Å²) in [6.07, 6.45) is 5.92. The van der Waals surface area contributed by atoms with E-state index in [-0.39, 0.29) is 18.6 Å². The maximum Gasteiger partial charge on any atom is 0.323 e. The van der Waals surface area contributed by atoms with Crippen molar-refractivity contribution in [1.82, 2.24) is 10.3 Å². The maximum absolute atomic E-state index is 12.3. The molecule has 1 aromatic heterocycles. The number of hydrogen-bond donors (Lipinski definition) is 2. The smallest absolute Gasteiger partial charge is 0.323 e. The van der Waals surface area contributed by atoms with Crippen LogP contribution in [0.2, 0.25) is 0 Å². The minimum atomic E-state index is -0.438. The highest BCUT2D eigenvalue weighted by Gasteiger charge is 2.35. The quantitative estimate of drug-likeness (QED) is 0.555. The third kappa shape index (κ3) is 3.05. The number of hydrogen-bond acceptors (Lipinski definition) is 4. The van der Waals surface area contributed by atoms with Gasteiger partial charge in [-0.25, -0.2) is 0 Å². The summed E-state index contributed by atoms with van der Waals surface area (Å²) >= 11 is 0. The average Bonchev–Trinajstić information content (AvgIpc) is 3.10. The zero-order valence-electron chi connectivity index (χ0n) is 15.0. The summed E-state index contributed by atoms with van der Waals surface area (Å²) in [7, 11) is 1.41. The zero-order valence-corrected chi connectivity index (χ0v) is 15.0. The van der Waals surface area contributed by atoms with E-state index in [1.807, 2.05) is 42.5 Å². The molecular weight excluding hydrogens is 340 g/mol. The van der Waals surface area contributed by atoms with Gasteiger partial charge in [-0.05, 0) is 17.7 Å². The van der Waals surface area contributed by atoms with E-state index in [4.69, 9.17) is 15.9 Å². The molecule has 5 heteroatoms. The number of aromatic amines is 1. The first kappa shape index (κ1) is 17.2. The molecule has 0 radical (unpaired) electrons. The number of fused-ring (bicyclic) bond motifs is 3. The van der Waals surface area contributed by atoms with Gasteiger partial charge in [0.25, 0.3) is 0 Å². The first-order valence-corrected chi connectivity index (χ1v) is 8.81. The van der Waals surface area contributed by atoms with Crippen LogP contribution in [-0.4, -0.2) is 30.7 Å². The van der Waals surface area contributed by atoms with Gasteiger partial charge < -0.3 is 14.5 Å². The largest absolute Gasteiger partial charge is 0.481 e. The van der Waals surface area contributed by atoms with Crippen LogP contribution in [0.3, 0.4) is 0 Å². The summed E-state index contributed by atoms with van der Waals surface area (Å²) in [5.41, 5.74) is 4.13. The fraction of sp³-hybridized carbons (Fsp3) is 0.227. The number of rotatable bonds is 4. The fourth-order valence-electron chi connectivity index (χ4n) is 3.74. The number of para-hydroxylation sites is 2. The van der Waals surface area contributed by atoms with Crippen LogP contribution in [0.5, 0.6) is 5.75 Å². The SMILES string of the molecule is C#CCOc1ccccc1C1NC(C(=O)OC)Cc2c1[nH]c1ccccc21. The standard InChI is InChI=1S/C22H20N2O3/c1-3-12-27-19-11-7-5-9-15(19)20-21-16(13-18(24-20)22(25)26-2)14-8-4-6-10-17(14)23-21/h1,4-11,18,20,23-24H,12-13H2,2H3. The minimum absolute atomic E-state index is 0.184. The molecule has 1 aliphatic heterocycles. The third-order valence-corrected chi connectivity index (χ3v) is 4.94. The summed E-state index contributed by atoms with van der Waals surface area (Å²) in [6.45, 7) is 0.184. The van der Waals surface area contributed by atoms with Crippen molar-refractivity contribution in [3.05, 3.63) is 65.4 Å². The summed E-state index contributed by atoms with van der Waals surface area (Å²) < 4.78 is 10.7. The fourth-order valence-corrected chi connectivity index (χ4v) is 3.74. The molecule has 5 nitrogen and oxygen atoms in total. The lowest BCUT2D eigenvalue weighted by Crippen LogP contribution is -2.45. The lowest BCUT2D eigenvalue weighted by molar-refractivity contribution is -0.143. The molecule has 2 aromatic carbocycles. The number of H-pyrrole nitrogens is 1. The third-order valence-electron chi connectivity index (χ3n) is 4.94. The molecule has 0 saturated carbocycles. The first-order valence-electron chi connectivity index (χ1n) is 8.81. The second-order valence-corrected chi connectivity index (χ2v) is 6.47. The number of methoxy groups -OCH3 is 1. The second kappa shape index (κ2) is 7.18. The van der Waals surface area contributed by atoms with Crippen LogP contribution < -0.4 is 10.1 Å². The van der Waals surface area contributed by atoms with Gasteiger partial charge >= 0.3 is 5.97 Å². The van der Waals surface area contributed by atoms with Crippen molar-refractivity contribution >= 4 is 16.9 Å². The number of esters is 1. The minimum Gasteiger partial charge on any atom is -0.481 e. The molecule has 1 aliphatic rings. The van der Waals surface area contributed by atoms with Crippen molar-refractivity contribution in [3.8, 4) is 18.1 Å². The van der Waals surface area contributed by atoms with Crippen LogP contribution in [0.15, 0.2) is 48.5 Å². The van der Waals surface area contributed by atoms with E-state index in [0.29, 0.717) is 12.2 Å². The van der Waals surface area contributed by atoms with E-state index < -0.39 is 6.04 Å². The Hall–Kier alpha value is -3.23. The number of benzene rings is 2. The molecule has 4 rings (SSSR count). The van der Waals surface area contributed by atoms with E-state index in [0.717, 1.165) is 27.7 Å². The number of ether oxygens (including phenoxy) is 2. The summed E-state index contributed by atoms with van der Waals surface area (Å²) in [4.78, 5) is 15.8. The lowest BCUT2D eigenvalue weighted by atomic mass is 9.90. The van der Waals surface area contributed by atoms with E-state index in [1.165, 1.54) is 7.11 Å². The Labute approximate surface area is 157 Å². The second-order valence-electron chi connectivity index (χ2n) is 6.47. The van der Waals surface area contributed by atoms with Crippen LogP contribution in [0.4, 0.5) is 0 Å². The van der Waals surface area contributed by atoms with E-state index >= 15 is 0 Å². The molecule has 0 aliphatic carbocycles. The predicted octanol–water partition coefficient (Wildman–Crippen LogP) is 2.96. The van der Waals surface area contributed by atoms with Crippen molar-refractivity contribution in [2.45, 2.75) is 18.5 Å². The molecule has 0 fully saturated rings. The molecule has 27 heavy (non-hydrogen) atoms. The molecule has 3 aromatic rings. The molecule has 136 valence electrons. The molecule has 0 spiro atoms. The Bertz CT molecular complexity index is 1030. The van der Waals surface area contributed by atoms with Crippen LogP contribution in [-0.2, 0) is 16.0 Å². The molecule has 0 bridgehead atoms. The highest BCUT2D eigenvalue weighted by Crippen LogP contribution is 2.38. The highest BCUT2D eigenvalue weighted by atomic mass is 16.5. The van der Waals surface area contributed by atoms with Gasteiger partial charge in [0.1, 0.15) is 18.4 Å². The first-order chi connectivity index (χ1) is 13.2. The van der Waals surface area contributed by atoms with Gasteiger partial charge in [-0.1, -0.05) is 42.3 Å². The van der Waals surface area contributed by atoms with Crippen molar-refractivity contribution in [2.24, 2.45) is 0 Å². The Kier molecular flexibility index (Phi) is 4.57. The molecular formula is C22H20N2O3. The van der Waals surface area contributed by atoms with Gasteiger partial charge in [0.05, 0.1) is 13.2 Å². The number of aromatic nitrogens is 1. The van der Waals surface area contributed by atoms with Crippen molar-refractivity contribution in [2.75, 3.05) is 13.7 Å². The van der Waals surface area contributed by atoms with Crippen molar-refractivity contribution < 1.29 is 14.3 Å². The van der Waals surface area contributed by atoms with Crippen LogP contribution in [0, 0.1) is 12.3 Å². The van der Waals surface area contributed by atoms with Crippen LogP contribution >= 0.6 is 0 Å². The molecule has 2 atom stereocenters. The summed E-state index contributed by atoms with van der Waals surface area (Å²) in [5, 5.41) is 4.54. The lowest BCUT2D eigenvalue weighted by Gasteiger charge is -2.31. The van der Waals surface area contributed by atoms with E-state index in [1.54, 1.807) is 0 Å². The van der Waals surface area contributed by atoms with E-state index in [9.17, 15) is 4.79 Å². The number of terminal acetylenes is 1. The monoisotopic (exact) mass is 360 g/mol. The molecule has 2 heterocycles. The number of carbonyl (C=O) groups is 1. The molecule has 0 saturated heterocycles. The Balaban J connectivity index is 1.86. The number of nitrogens with one attached hydrogen (secondary N) is 2. The van der Waals surface area contributed by atoms with Gasteiger partial charge in [0.2, 0.25) is 0 Å². The predicted molar refractivity (Wildman–Crippen MR) is 104 cm³/mol. The van der Waals surface area contributed by atoms with Crippen molar-refractivity contribution in [3.63, 3.8) is 0 Å². The molecule has 2 unspecified atom stereocenters. The summed E-state index contributed by atoms with van der Waals surface area (Å²) in [6, 6.07) is 15.2. The number of carbonyl (C=O) groups excluding carboxylic acids is 1. The van der Waals surface area contributed by atoms with Gasteiger partial charge in [0, 0.05) is 28.6 Å². The Morgan fingerprint density at radius 2 is 2.00 bits per heavy atom. The van der Waals surface area contributed by atoms with Crippen LogP contribution in [0.1, 0.15) is 22.9 Å². The highest BCUT2D eigenvalue weighted by molar-refractivity contribution is 5.87. The Morgan fingerprint density at radius 3 is 2.81 bits per heavy atom. The van der Waals surface area contributed by atoms with Gasteiger partial charge in [-0.3, -0.25) is 10.1 Å². The average molecular weight is 360 g/mol. The van der Waals surface area contributed by atoms with Gasteiger partial charge in [0.15, 0.2) is 0 Å². The normalized spacial score (nSPS) is 18.5. The summed E-state index contributed by atoms with van der Waals surface area (Å²) in [5.74, 6) is 2.92. The molecule has 2 N–H and O–H groups in total. The zero-order chi connectivity index (χ0) is 18.8. The topological polar surface area (TPSA) is 63.4 Å². The van der Waals surface area contributed by atoms with Gasteiger partial charge in [-0.15, -0.1) is 6.42 Å². The maximum atomic E-state index is 12.3. The van der Waals surface area contributed by atoms with Crippen molar-refractivity contribution in [1.29, 1.82) is 0 Å².